The molecule has 0 bridgehead atoms. The molecule has 0 saturated heterocycles. The second-order valence-corrected chi connectivity index (χ2v) is 4.27. The van der Waals surface area contributed by atoms with Crippen LogP contribution < -0.4 is 5.32 Å². The number of hydrogen-bond acceptors (Lipinski definition) is 1. The number of halogens is 3. The smallest absolute Gasteiger partial charge is 0.254 e. The third-order valence-electron chi connectivity index (χ3n) is 2.41. The molecule has 0 spiro atoms. The van der Waals surface area contributed by atoms with Crippen molar-refractivity contribution < 1.29 is 13.6 Å². The predicted octanol–water partition coefficient (Wildman–Crippen LogP) is 2.96. The van der Waals surface area contributed by atoms with E-state index in [-0.39, 0.29) is 11.5 Å². The lowest BCUT2D eigenvalue weighted by molar-refractivity contribution is 0.0943. The predicted molar refractivity (Wildman–Crippen MR) is 63.2 cm³/mol. The van der Waals surface area contributed by atoms with E-state index >= 15 is 0 Å². The van der Waals surface area contributed by atoms with Crippen LogP contribution in [0.5, 0.6) is 0 Å². The third-order valence-corrected chi connectivity index (χ3v) is 2.63. The van der Waals surface area contributed by atoms with Gasteiger partial charge in [-0.3, -0.25) is 4.79 Å². The van der Waals surface area contributed by atoms with Crippen molar-refractivity contribution in [3.63, 3.8) is 0 Å². The summed E-state index contributed by atoms with van der Waals surface area (Å²) in [5, 5.41) is 2.55. The second-order valence-electron chi connectivity index (χ2n) is 3.89. The van der Waals surface area contributed by atoms with Crippen molar-refractivity contribution in [2.45, 2.75) is 13.3 Å². The minimum absolute atomic E-state index is 0.202. The Kier molecular flexibility index (Phi) is 5.35. The first-order valence-corrected chi connectivity index (χ1v) is 5.88. The molecule has 0 aromatic heterocycles. The summed E-state index contributed by atoms with van der Waals surface area (Å²) in [5.41, 5.74) is -0.275. The van der Waals surface area contributed by atoms with E-state index in [4.69, 9.17) is 11.6 Å². The van der Waals surface area contributed by atoms with Crippen molar-refractivity contribution >= 4 is 17.5 Å². The van der Waals surface area contributed by atoms with Gasteiger partial charge < -0.3 is 5.32 Å². The molecule has 1 rings (SSSR count). The van der Waals surface area contributed by atoms with Gasteiger partial charge in [-0.05, 0) is 24.5 Å². The van der Waals surface area contributed by atoms with Crippen LogP contribution in [0, 0.1) is 17.6 Å². The maximum Gasteiger partial charge on any atom is 0.254 e. The third kappa shape index (κ3) is 3.97. The molecule has 94 valence electrons. The Morgan fingerprint density at radius 3 is 2.82 bits per heavy atom. The van der Waals surface area contributed by atoms with E-state index < -0.39 is 17.5 Å². The van der Waals surface area contributed by atoms with Crippen molar-refractivity contribution in [2.24, 2.45) is 5.92 Å². The van der Waals surface area contributed by atoms with Gasteiger partial charge >= 0.3 is 0 Å². The first-order chi connectivity index (χ1) is 8.06. The van der Waals surface area contributed by atoms with E-state index in [1.54, 1.807) is 0 Å². The minimum atomic E-state index is -1.12. The zero-order valence-electron chi connectivity index (χ0n) is 9.47. The summed E-state index contributed by atoms with van der Waals surface area (Å²) < 4.78 is 26.2. The number of hydrogen-bond donors (Lipinski definition) is 1. The van der Waals surface area contributed by atoms with E-state index in [2.05, 4.69) is 5.32 Å². The van der Waals surface area contributed by atoms with Crippen molar-refractivity contribution in [1.29, 1.82) is 0 Å². The average Bonchev–Trinajstić information content (AvgIpc) is 2.30. The monoisotopic (exact) mass is 261 g/mol. The van der Waals surface area contributed by atoms with Crippen LogP contribution in [-0.4, -0.2) is 18.3 Å². The summed E-state index contributed by atoms with van der Waals surface area (Å²) in [4.78, 5) is 11.6. The molecule has 0 aliphatic rings. The fraction of sp³-hybridized carbons (Fsp3) is 0.417. The first kappa shape index (κ1) is 13.9. The van der Waals surface area contributed by atoms with Gasteiger partial charge in [0.25, 0.3) is 5.91 Å². The summed E-state index contributed by atoms with van der Waals surface area (Å²) in [6.07, 6.45) is 0.757. The molecular formula is C12H14ClF2NO. The van der Waals surface area contributed by atoms with E-state index in [1.165, 1.54) is 12.1 Å². The maximum absolute atomic E-state index is 13.3. The van der Waals surface area contributed by atoms with Crippen LogP contribution in [0.2, 0.25) is 0 Å². The minimum Gasteiger partial charge on any atom is -0.352 e. The van der Waals surface area contributed by atoms with Crippen molar-refractivity contribution in [3.05, 3.63) is 35.4 Å². The highest BCUT2D eigenvalue weighted by Crippen LogP contribution is 2.11. The Morgan fingerprint density at radius 2 is 2.18 bits per heavy atom. The van der Waals surface area contributed by atoms with E-state index in [0.717, 1.165) is 12.5 Å². The molecule has 1 aromatic rings. The Morgan fingerprint density at radius 1 is 1.47 bits per heavy atom. The van der Waals surface area contributed by atoms with Crippen molar-refractivity contribution in [3.8, 4) is 0 Å². The molecule has 1 aromatic carbocycles. The van der Waals surface area contributed by atoms with Crippen LogP contribution in [0.1, 0.15) is 23.7 Å². The van der Waals surface area contributed by atoms with Crippen LogP contribution in [0.4, 0.5) is 8.78 Å². The number of carbonyl (C=O) groups is 1. The van der Waals surface area contributed by atoms with Gasteiger partial charge in [0.05, 0.1) is 5.56 Å². The van der Waals surface area contributed by atoms with Crippen LogP contribution in [0.25, 0.3) is 0 Å². The molecule has 1 atom stereocenters. The molecule has 1 N–H and O–H groups in total. The van der Waals surface area contributed by atoms with Gasteiger partial charge in [-0.1, -0.05) is 13.0 Å². The molecule has 2 nitrogen and oxygen atoms in total. The largest absolute Gasteiger partial charge is 0.352 e. The maximum atomic E-state index is 13.3. The van der Waals surface area contributed by atoms with Gasteiger partial charge in [-0.2, -0.15) is 0 Å². The lowest BCUT2D eigenvalue weighted by atomic mass is 10.1. The van der Waals surface area contributed by atoms with Gasteiger partial charge in [0.2, 0.25) is 0 Å². The fourth-order valence-electron chi connectivity index (χ4n) is 1.33. The number of carbonyl (C=O) groups excluding carboxylic acids is 1. The molecule has 1 amide bonds. The molecule has 5 heteroatoms. The number of rotatable bonds is 5. The van der Waals surface area contributed by atoms with Gasteiger partial charge in [0.1, 0.15) is 0 Å². The average molecular weight is 262 g/mol. The number of alkyl halides is 1. The topological polar surface area (TPSA) is 29.1 Å². The zero-order valence-corrected chi connectivity index (χ0v) is 10.2. The number of nitrogens with one attached hydrogen (secondary N) is 1. The Bertz CT molecular complexity index is 398. The normalized spacial score (nSPS) is 12.2. The van der Waals surface area contributed by atoms with E-state index in [1.807, 2.05) is 6.92 Å². The molecule has 17 heavy (non-hydrogen) atoms. The Balaban J connectivity index is 2.61. The molecule has 0 heterocycles. The van der Waals surface area contributed by atoms with Crippen LogP contribution in [0.15, 0.2) is 18.2 Å². The van der Waals surface area contributed by atoms with E-state index in [9.17, 15) is 13.6 Å². The van der Waals surface area contributed by atoms with Crippen LogP contribution in [-0.2, 0) is 0 Å². The molecule has 0 saturated carbocycles. The van der Waals surface area contributed by atoms with Gasteiger partial charge in [-0.25, -0.2) is 8.78 Å². The van der Waals surface area contributed by atoms with Crippen LogP contribution >= 0.6 is 11.6 Å². The first-order valence-electron chi connectivity index (χ1n) is 5.34. The van der Waals surface area contributed by atoms with Gasteiger partial charge in [-0.15, -0.1) is 11.6 Å². The standard InChI is InChI=1S/C12H14ClF2NO/c1-8(5-6-13)7-16-12(17)9-3-2-4-10(14)11(9)15/h2-4,8H,5-7H2,1H3,(H,16,17). The van der Waals surface area contributed by atoms with E-state index in [0.29, 0.717) is 12.4 Å². The molecule has 0 aliphatic heterocycles. The second kappa shape index (κ2) is 6.55. The summed E-state index contributed by atoms with van der Waals surface area (Å²) in [5.74, 6) is -2.04. The van der Waals surface area contributed by atoms with Gasteiger partial charge in [0.15, 0.2) is 11.6 Å². The molecule has 0 radical (unpaired) electrons. The highest BCUT2D eigenvalue weighted by atomic mass is 35.5. The SMILES string of the molecule is CC(CCCl)CNC(=O)c1cccc(F)c1F. The summed E-state index contributed by atoms with van der Waals surface area (Å²) in [6.45, 7) is 2.31. The lowest BCUT2D eigenvalue weighted by Crippen LogP contribution is -2.29. The molecule has 0 fully saturated rings. The van der Waals surface area contributed by atoms with Gasteiger partial charge in [0, 0.05) is 12.4 Å². The number of benzene rings is 1. The Hall–Kier alpha value is -1.16. The highest BCUT2D eigenvalue weighted by molar-refractivity contribution is 6.17. The van der Waals surface area contributed by atoms with Crippen molar-refractivity contribution in [2.75, 3.05) is 12.4 Å². The molecule has 1 unspecified atom stereocenters. The summed E-state index contributed by atoms with van der Waals surface area (Å²) in [6, 6.07) is 3.53. The zero-order chi connectivity index (χ0) is 12.8. The summed E-state index contributed by atoms with van der Waals surface area (Å²) in [7, 11) is 0. The van der Waals surface area contributed by atoms with Crippen molar-refractivity contribution in [1.82, 2.24) is 5.32 Å². The number of amides is 1. The quantitative estimate of drug-likeness (QED) is 0.812. The Labute approximate surface area is 104 Å². The van der Waals surface area contributed by atoms with Crippen LogP contribution in [0.3, 0.4) is 0 Å². The molecular weight excluding hydrogens is 248 g/mol. The molecule has 0 aliphatic carbocycles. The fourth-order valence-corrected chi connectivity index (χ4v) is 1.70. The lowest BCUT2D eigenvalue weighted by Gasteiger charge is -2.11. The summed E-state index contributed by atoms with van der Waals surface area (Å²) >= 11 is 5.55. The highest BCUT2D eigenvalue weighted by Gasteiger charge is 2.15.